The van der Waals surface area contributed by atoms with Crippen LogP contribution in [0, 0.1) is 11.8 Å². The SMILES string of the molecule is O=C(O)C=Cc1cnc(N2C(=O)C3CC3C2=O)s1. The van der Waals surface area contributed by atoms with Crippen LogP contribution in [0.1, 0.15) is 11.3 Å². The van der Waals surface area contributed by atoms with Crippen molar-refractivity contribution in [2.24, 2.45) is 11.8 Å². The molecule has 0 aromatic carbocycles. The molecule has 0 spiro atoms. The molecular weight excluding hydrogens is 256 g/mol. The Balaban J connectivity index is 1.83. The van der Waals surface area contributed by atoms with E-state index in [0.29, 0.717) is 16.4 Å². The number of hydrogen-bond donors (Lipinski definition) is 1. The maximum Gasteiger partial charge on any atom is 0.328 e. The first-order valence-corrected chi connectivity index (χ1v) is 6.14. The Labute approximate surface area is 106 Å². The predicted octanol–water partition coefficient (Wildman–Crippen LogP) is 0.750. The summed E-state index contributed by atoms with van der Waals surface area (Å²) < 4.78 is 0. The van der Waals surface area contributed by atoms with Crippen LogP contribution in [0.15, 0.2) is 12.3 Å². The first-order valence-electron chi connectivity index (χ1n) is 5.32. The molecule has 1 aromatic heterocycles. The molecule has 2 fully saturated rings. The average Bonchev–Trinajstić information content (AvgIpc) is 2.93. The quantitative estimate of drug-likeness (QED) is 0.643. The number of carboxylic acid groups (broad SMARTS) is 1. The topological polar surface area (TPSA) is 87.6 Å². The summed E-state index contributed by atoms with van der Waals surface area (Å²) in [5.41, 5.74) is 0. The summed E-state index contributed by atoms with van der Waals surface area (Å²) in [6.45, 7) is 0. The lowest BCUT2D eigenvalue weighted by Gasteiger charge is -2.11. The van der Waals surface area contributed by atoms with Crippen LogP contribution in [0.25, 0.3) is 6.08 Å². The van der Waals surface area contributed by atoms with Gasteiger partial charge in [-0.2, -0.15) is 0 Å². The number of rotatable bonds is 3. The van der Waals surface area contributed by atoms with Gasteiger partial charge in [0.15, 0.2) is 5.13 Å². The van der Waals surface area contributed by atoms with Crippen molar-refractivity contribution in [2.45, 2.75) is 6.42 Å². The molecule has 18 heavy (non-hydrogen) atoms. The van der Waals surface area contributed by atoms with Crippen LogP contribution in [-0.4, -0.2) is 27.9 Å². The lowest BCUT2D eigenvalue weighted by molar-refractivity contribution is -0.131. The summed E-state index contributed by atoms with van der Waals surface area (Å²) in [4.78, 5) is 39.6. The summed E-state index contributed by atoms with van der Waals surface area (Å²) >= 11 is 1.13. The Kier molecular flexibility index (Phi) is 2.30. The third kappa shape index (κ3) is 1.63. The highest BCUT2D eigenvalue weighted by molar-refractivity contribution is 7.16. The van der Waals surface area contributed by atoms with Gasteiger partial charge in [-0.3, -0.25) is 9.59 Å². The molecule has 2 aliphatic rings. The van der Waals surface area contributed by atoms with Gasteiger partial charge in [0.05, 0.1) is 11.8 Å². The van der Waals surface area contributed by atoms with Gasteiger partial charge < -0.3 is 5.11 Å². The van der Waals surface area contributed by atoms with Gasteiger partial charge in [0.25, 0.3) is 0 Å². The average molecular weight is 264 g/mol. The highest BCUT2D eigenvalue weighted by atomic mass is 32.1. The van der Waals surface area contributed by atoms with E-state index in [1.807, 2.05) is 0 Å². The number of aliphatic carboxylic acids is 1. The van der Waals surface area contributed by atoms with Gasteiger partial charge in [0, 0.05) is 17.2 Å². The monoisotopic (exact) mass is 264 g/mol. The summed E-state index contributed by atoms with van der Waals surface area (Å²) in [5, 5.41) is 8.82. The van der Waals surface area contributed by atoms with Crippen molar-refractivity contribution in [3.63, 3.8) is 0 Å². The Morgan fingerprint density at radius 3 is 2.72 bits per heavy atom. The normalized spacial score (nSPS) is 25.9. The molecule has 7 heteroatoms. The molecule has 1 aromatic rings. The van der Waals surface area contributed by atoms with Crippen molar-refractivity contribution < 1.29 is 19.5 Å². The Morgan fingerprint density at radius 2 is 2.11 bits per heavy atom. The van der Waals surface area contributed by atoms with E-state index in [2.05, 4.69) is 4.98 Å². The highest BCUT2D eigenvalue weighted by Gasteiger charge is 2.59. The van der Waals surface area contributed by atoms with Crippen LogP contribution in [-0.2, 0) is 14.4 Å². The van der Waals surface area contributed by atoms with Crippen molar-refractivity contribution in [1.82, 2.24) is 4.98 Å². The van der Waals surface area contributed by atoms with Crippen molar-refractivity contribution in [2.75, 3.05) is 4.90 Å². The molecule has 0 radical (unpaired) electrons. The summed E-state index contributed by atoms with van der Waals surface area (Å²) in [6, 6.07) is 0. The Hall–Kier alpha value is -2.02. The van der Waals surface area contributed by atoms with E-state index in [9.17, 15) is 14.4 Å². The zero-order valence-electron chi connectivity index (χ0n) is 9.07. The molecule has 92 valence electrons. The van der Waals surface area contributed by atoms with E-state index < -0.39 is 5.97 Å². The minimum atomic E-state index is -1.06. The Morgan fingerprint density at radius 1 is 1.44 bits per heavy atom. The highest BCUT2D eigenvalue weighted by Crippen LogP contribution is 2.48. The largest absolute Gasteiger partial charge is 0.478 e. The minimum Gasteiger partial charge on any atom is -0.478 e. The number of carbonyl (C=O) groups is 3. The van der Waals surface area contributed by atoms with E-state index in [-0.39, 0.29) is 23.7 Å². The van der Waals surface area contributed by atoms with E-state index in [0.717, 1.165) is 22.3 Å². The van der Waals surface area contributed by atoms with Gasteiger partial charge >= 0.3 is 5.97 Å². The second kappa shape index (κ2) is 3.74. The number of amides is 2. The fourth-order valence-electron chi connectivity index (χ4n) is 1.98. The standard InChI is InChI=1S/C11H8N2O4S/c14-8(15)2-1-5-4-12-11(18-5)13-9(16)6-3-7(6)10(13)17/h1-2,4,6-7H,3H2,(H,14,15). The summed E-state index contributed by atoms with van der Waals surface area (Å²) in [7, 11) is 0. The van der Waals surface area contributed by atoms with Crippen LogP contribution in [0.5, 0.6) is 0 Å². The van der Waals surface area contributed by atoms with E-state index in [4.69, 9.17) is 5.11 Å². The smallest absolute Gasteiger partial charge is 0.328 e. The van der Waals surface area contributed by atoms with Gasteiger partial charge in [-0.05, 0) is 12.5 Å². The number of piperidine rings is 1. The first-order chi connectivity index (χ1) is 8.58. The number of imide groups is 1. The van der Waals surface area contributed by atoms with Crippen LogP contribution in [0.3, 0.4) is 0 Å². The van der Waals surface area contributed by atoms with E-state index >= 15 is 0 Å². The van der Waals surface area contributed by atoms with Gasteiger partial charge in [-0.15, -0.1) is 0 Å². The van der Waals surface area contributed by atoms with Crippen molar-refractivity contribution in [1.29, 1.82) is 0 Å². The van der Waals surface area contributed by atoms with Crippen LogP contribution in [0.2, 0.25) is 0 Å². The fourth-order valence-corrected chi connectivity index (χ4v) is 2.81. The minimum absolute atomic E-state index is 0.153. The third-order valence-electron chi connectivity index (χ3n) is 2.96. The lowest BCUT2D eigenvalue weighted by Crippen LogP contribution is -2.32. The third-order valence-corrected chi connectivity index (χ3v) is 3.91. The number of hydrogen-bond acceptors (Lipinski definition) is 5. The van der Waals surface area contributed by atoms with Crippen LogP contribution < -0.4 is 4.90 Å². The van der Waals surface area contributed by atoms with Gasteiger partial charge in [-0.1, -0.05) is 11.3 Å². The fraction of sp³-hybridized carbons (Fsp3) is 0.273. The molecule has 1 aliphatic carbocycles. The number of carbonyl (C=O) groups excluding carboxylic acids is 2. The van der Waals surface area contributed by atoms with Gasteiger partial charge in [-0.25, -0.2) is 14.7 Å². The molecule has 2 amide bonds. The second-order valence-corrected chi connectivity index (χ2v) is 5.22. The lowest BCUT2D eigenvalue weighted by atomic mass is 10.4. The van der Waals surface area contributed by atoms with Crippen molar-refractivity contribution in [3.8, 4) is 0 Å². The molecule has 6 nitrogen and oxygen atoms in total. The molecular formula is C11H8N2O4S. The second-order valence-electron chi connectivity index (χ2n) is 4.18. The molecule has 3 rings (SSSR count). The Bertz CT molecular complexity index is 572. The maximum atomic E-state index is 11.8. The van der Waals surface area contributed by atoms with Crippen LogP contribution >= 0.6 is 11.3 Å². The number of fused-ring (bicyclic) bond motifs is 1. The van der Waals surface area contributed by atoms with Crippen molar-refractivity contribution >= 4 is 40.3 Å². The van der Waals surface area contributed by atoms with Crippen LogP contribution in [0.4, 0.5) is 5.13 Å². The molecule has 2 unspecified atom stereocenters. The molecule has 1 saturated carbocycles. The number of aromatic nitrogens is 1. The predicted molar refractivity (Wildman–Crippen MR) is 62.9 cm³/mol. The number of thiazole rings is 1. The maximum absolute atomic E-state index is 11.8. The number of carboxylic acids is 1. The van der Waals surface area contributed by atoms with Gasteiger partial charge in [0.2, 0.25) is 11.8 Å². The van der Waals surface area contributed by atoms with E-state index in [1.165, 1.54) is 12.3 Å². The molecule has 1 N–H and O–H groups in total. The number of anilines is 1. The summed E-state index contributed by atoms with van der Waals surface area (Å²) in [6.07, 6.45) is 4.48. The first kappa shape index (κ1) is 11.1. The molecule has 1 aliphatic heterocycles. The molecule has 2 atom stereocenters. The number of nitrogens with zero attached hydrogens (tertiary/aromatic N) is 2. The summed E-state index contributed by atoms with van der Waals surface area (Å²) in [5.74, 6) is -1.74. The zero-order chi connectivity index (χ0) is 12.9. The van der Waals surface area contributed by atoms with Gasteiger partial charge in [0.1, 0.15) is 0 Å². The molecule has 2 heterocycles. The molecule has 1 saturated heterocycles. The zero-order valence-corrected chi connectivity index (χ0v) is 9.88. The van der Waals surface area contributed by atoms with E-state index in [1.54, 1.807) is 0 Å². The molecule has 0 bridgehead atoms. The van der Waals surface area contributed by atoms with Crippen molar-refractivity contribution in [3.05, 3.63) is 17.2 Å².